The van der Waals surface area contributed by atoms with Gasteiger partial charge in [0.05, 0.1) is 0 Å². The zero-order valence-corrected chi connectivity index (χ0v) is 12.8. The van der Waals surface area contributed by atoms with E-state index in [-0.39, 0.29) is 0 Å². The predicted octanol–water partition coefficient (Wildman–Crippen LogP) is 4.86. The van der Waals surface area contributed by atoms with E-state index >= 15 is 0 Å². The molecule has 1 nitrogen and oxygen atoms in total. The molecule has 1 heteroatoms. The van der Waals surface area contributed by atoms with E-state index in [0.29, 0.717) is 6.04 Å². The topological polar surface area (TPSA) is 12.0 Å². The second kappa shape index (κ2) is 7.09. The molecule has 0 radical (unpaired) electrons. The third kappa shape index (κ3) is 3.60. The Kier molecular flexibility index (Phi) is 5.45. The van der Waals surface area contributed by atoms with Gasteiger partial charge in [0, 0.05) is 6.04 Å². The van der Waals surface area contributed by atoms with Crippen molar-refractivity contribution in [2.75, 3.05) is 6.54 Å². The fraction of sp³-hybridized carbons (Fsp3) is 0.667. The van der Waals surface area contributed by atoms with Crippen LogP contribution in [-0.2, 0) is 0 Å². The van der Waals surface area contributed by atoms with Gasteiger partial charge in [0.15, 0.2) is 0 Å². The Bertz CT molecular complexity index is 377. The molecule has 1 saturated carbocycles. The van der Waals surface area contributed by atoms with Gasteiger partial charge in [-0.05, 0) is 49.3 Å². The summed E-state index contributed by atoms with van der Waals surface area (Å²) in [6, 6.07) is 9.45. The summed E-state index contributed by atoms with van der Waals surface area (Å²) in [5, 5.41) is 3.74. The van der Waals surface area contributed by atoms with Crippen molar-refractivity contribution in [3.63, 3.8) is 0 Å². The molecule has 2 rings (SSSR count). The molecule has 1 unspecified atom stereocenters. The Balaban J connectivity index is 2.10. The van der Waals surface area contributed by atoms with Crippen molar-refractivity contribution in [1.29, 1.82) is 0 Å². The highest BCUT2D eigenvalue weighted by molar-refractivity contribution is 5.29. The molecular weight excluding hydrogens is 230 g/mol. The maximum atomic E-state index is 3.74. The summed E-state index contributed by atoms with van der Waals surface area (Å²) in [4.78, 5) is 0. The van der Waals surface area contributed by atoms with E-state index in [1.807, 2.05) is 0 Å². The molecule has 1 N–H and O–H groups in total. The van der Waals surface area contributed by atoms with Gasteiger partial charge in [0.25, 0.3) is 0 Å². The third-order valence-electron chi connectivity index (χ3n) is 4.89. The monoisotopic (exact) mass is 259 g/mol. The molecule has 1 aliphatic rings. The van der Waals surface area contributed by atoms with Crippen LogP contribution in [0.4, 0.5) is 0 Å². The van der Waals surface area contributed by atoms with Crippen molar-refractivity contribution in [2.24, 2.45) is 11.8 Å². The predicted molar refractivity (Wildman–Crippen MR) is 83.3 cm³/mol. The number of aryl methyl sites for hydroxylation is 1. The van der Waals surface area contributed by atoms with Crippen molar-refractivity contribution >= 4 is 0 Å². The van der Waals surface area contributed by atoms with E-state index in [1.165, 1.54) is 43.2 Å². The lowest BCUT2D eigenvalue weighted by Crippen LogP contribution is -2.31. The summed E-state index contributed by atoms with van der Waals surface area (Å²) in [6.45, 7) is 7.88. The Labute approximate surface area is 118 Å². The van der Waals surface area contributed by atoms with Crippen LogP contribution in [-0.4, -0.2) is 6.54 Å². The molecule has 1 aromatic rings. The first-order valence-electron chi connectivity index (χ1n) is 8.05. The average molecular weight is 259 g/mol. The number of rotatable bonds is 5. The van der Waals surface area contributed by atoms with Crippen LogP contribution in [0, 0.1) is 18.8 Å². The molecule has 0 aliphatic heterocycles. The van der Waals surface area contributed by atoms with Crippen LogP contribution in [0.3, 0.4) is 0 Å². The van der Waals surface area contributed by atoms with Crippen molar-refractivity contribution in [2.45, 2.75) is 58.9 Å². The van der Waals surface area contributed by atoms with E-state index < -0.39 is 0 Å². The minimum absolute atomic E-state index is 0.559. The standard InChI is InChI=1S/C18H29N/c1-4-15-10-12-16(13-11-15)18(19-5-2)17-9-7-6-8-14(17)3/h6-9,15-16,18-19H,4-5,10-13H2,1-3H3. The summed E-state index contributed by atoms with van der Waals surface area (Å²) in [6.07, 6.45) is 7.00. The minimum atomic E-state index is 0.559. The number of benzene rings is 1. The highest BCUT2D eigenvalue weighted by Crippen LogP contribution is 2.38. The van der Waals surface area contributed by atoms with E-state index in [1.54, 1.807) is 0 Å². The molecule has 19 heavy (non-hydrogen) atoms. The second-order valence-electron chi connectivity index (χ2n) is 6.08. The van der Waals surface area contributed by atoms with Gasteiger partial charge in [-0.2, -0.15) is 0 Å². The van der Waals surface area contributed by atoms with Crippen molar-refractivity contribution < 1.29 is 0 Å². The van der Waals surface area contributed by atoms with Crippen LogP contribution < -0.4 is 5.32 Å². The molecule has 0 amide bonds. The quantitative estimate of drug-likeness (QED) is 0.796. The molecule has 0 heterocycles. The first-order valence-corrected chi connectivity index (χ1v) is 8.05. The summed E-state index contributed by atoms with van der Waals surface area (Å²) in [5.74, 6) is 1.80. The van der Waals surface area contributed by atoms with Crippen molar-refractivity contribution in [1.82, 2.24) is 5.32 Å². The first kappa shape index (κ1) is 14.6. The second-order valence-corrected chi connectivity index (χ2v) is 6.08. The van der Waals surface area contributed by atoms with Gasteiger partial charge in [-0.25, -0.2) is 0 Å². The maximum Gasteiger partial charge on any atom is 0.0351 e. The van der Waals surface area contributed by atoms with E-state index in [4.69, 9.17) is 0 Å². The van der Waals surface area contributed by atoms with Crippen LogP contribution in [0.15, 0.2) is 24.3 Å². The van der Waals surface area contributed by atoms with Gasteiger partial charge >= 0.3 is 0 Å². The fourth-order valence-corrected chi connectivity index (χ4v) is 3.62. The summed E-state index contributed by atoms with van der Waals surface area (Å²) in [7, 11) is 0. The lowest BCUT2D eigenvalue weighted by molar-refractivity contribution is 0.220. The Hall–Kier alpha value is -0.820. The van der Waals surface area contributed by atoms with Crippen LogP contribution in [0.5, 0.6) is 0 Å². The van der Waals surface area contributed by atoms with Crippen molar-refractivity contribution in [3.05, 3.63) is 35.4 Å². The highest BCUT2D eigenvalue weighted by atomic mass is 14.9. The molecular formula is C18H29N. The Morgan fingerprint density at radius 2 is 1.79 bits per heavy atom. The normalized spacial score (nSPS) is 25.2. The third-order valence-corrected chi connectivity index (χ3v) is 4.89. The molecule has 1 aromatic carbocycles. The van der Waals surface area contributed by atoms with E-state index in [9.17, 15) is 0 Å². The smallest absolute Gasteiger partial charge is 0.0351 e. The van der Waals surface area contributed by atoms with Crippen LogP contribution in [0.2, 0.25) is 0 Å². The highest BCUT2D eigenvalue weighted by Gasteiger charge is 2.28. The molecule has 1 atom stereocenters. The van der Waals surface area contributed by atoms with Crippen molar-refractivity contribution in [3.8, 4) is 0 Å². The maximum absolute atomic E-state index is 3.74. The molecule has 1 fully saturated rings. The van der Waals surface area contributed by atoms with Gasteiger partial charge in [-0.1, -0.05) is 57.4 Å². The van der Waals surface area contributed by atoms with Gasteiger partial charge in [0.2, 0.25) is 0 Å². The zero-order valence-electron chi connectivity index (χ0n) is 12.8. The molecule has 0 aromatic heterocycles. The number of nitrogens with one attached hydrogen (secondary N) is 1. The molecule has 0 bridgehead atoms. The largest absolute Gasteiger partial charge is 0.310 e. The van der Waals surface area contributed by atoms with Crippen LogP contribution >= 0.6 is 0 Å². The van der Waals surface area contributed by atoms with Crippen LogP contribution in [0.1, 0.15) is 63.1 Å². The SMILES string of the molecule is CCNC(c1ccccc1C)C1CCC(CC)CC1. The van der Waals surface area contributed by atoms with Crippen LogP contribution in [0.25, 0.3) is 0 Å². The lowest BCUT2D eigenvalue weighted by Gasteiger charge is -2.35. The minimum Gasteiger partial charge on any atom is -0.310 e. The Morgan fingerprint density at radius 1 is 1.11 bits per heavy atom. The molecule has 0 spiro atoms. The Morgan fingerprint density at radius 3 is 2.37 bits per heavy atom. The molecule has 1 aliphatic carbocycles. The fourth-order valence-electron chi connectivity index (χ4n) is 3.62. The summed E-state index contributed by atoms with van der Waals surface area (Å²) >= 11 is 0. The van der Waals surface area contributed by atoms with E-state index in [0.717, 1.165) is 18.4 Å². The van der Waals surface area contributed by atoms with Gasteiger partial charge in [0.1, 0.15) is 0 Å². The molecule has 106 valence electrons. The number of hydrogen-bond acceptors (Lipinski definition) is 1. The van der Waals surface area contributed by atoms with Gasteiger partial charge in [-0.3, -0.25) is 0 Å². The summed E-state index contributed by atoms with van der Waals surface area (Å²) in [5.41, 5.74) is 2.95. The van der Waals surface area contributed by atoms with Gasteiger partial charge in [-0.15, -0.1) is 0 Å². The summed E-state index contributed by atoms with van der Waals surface area (Å²) < 4.78 is 0. The molecule has 0 saturated heterocycles. The lowest BCUT2D eigenvalue weighted by atomic mass is 9.75. The first-order chi connectivity index (χ1) is 9.26. The van der Waals surface area contributed by atoms with Gasteiger partial charge < -0.3 is 5.32 Å². The number of hydrogen-bond donors (Lipinski definition) is 1. The van der Waals surface area contributed by atoms with E-state index in [2.05, 4.69) is 50.4 Å². The average Bonchev–Trinajstić information content (AvgIpc) is 2.46. The zero-order chi connectivity index (χ0) is 13.7.